The number of sulfonamides is 1. The van der Waals surface area contributed by atoms with E-state index in [0.29, 0.717) is 72.2 Å². The average Bonchev–Trinajstić information content (AvgIpc) is 3.58. The Morgan fingerprint density at radius 1 is 1.04 bits per heavy atom. The molecule has 1 N–H and O–H groups in total. The Bertz CT molecular complexity index is 2220. The summed E-state index contributed by atoms with van der Waals surface area (Å²) in [6.45, 7) is 12.3. The predicted octanol–water partition coefficient (Wildman–Crippen LogP) is 5.62. The van der Waals surface area contributed by atoms with Gasteiger partial charge < -0.3 is 19.3 Å². The van der Waals surface area contributed by atoms with Crippen molar-refractivity contribution < 1.29 is 41.3 Å². The first-order valence-corrected chi connectivity index (χ1v) is 20.5. The van der Waals surface area contributed by atoms with Crippen LogP contribution in [0.15, 0.2) is 35.4 Å². The van der Waals surface area contributed by atoms with Gasteiger partial charge in [-0.3, -0.25) is 19.1 Å². The number of alkyl halides is 2. The molecule has 2 fully saturated rings. The van der Waals surface area contributed by atoms with Gasteiger partial charge in [0.15, 0.2) is 5.65 Å². The zero-order chi connectivity index (χ0) is 40.0. The summed E-state index contributed by atoms with van der Waals surface area (Å²) in [6.07, 6.45) is 2.97. The number of halogens is 2. The van der Waals surface area contributed by atoms with Crippen molar-refractivity contribution in [3.05, 3.63) is 69.9 Å². The predicted molar refractivity (Wildman–Crippen MR) is 201 cm³/mol. The first-order valence-electron chi connectivity index (χ1n) is 19.1. The number of aliphatic carboxylic acids is 1. The first kappa shape index (κ1) is 39.9. The van der Waals surface area contributed by atoms with E-state index >= 15 is 0 Å². The molecule has 0 saturated carbocycles. The zero-order valence-corrected chi connectivity index (χ0v) is 33.2. The fourth-order valence-electron chi connectivity index (χ4n) is 8.03. The van der Waals surface area contributed by atoms with Gasteiger partial charge in [-0.25, -0.2) is 17.2 Å². The number of fused-ring (bicyclic) bond motifs is 2. The molecule has 0 radical (unpaired) electrons. The molecule has 3 aliphatic rings. The minimum Gasteiger partial charge on any atom is -0.481 e. The Kier molecular flexibility index (Phi) is 11.1. The highest BCUT2D eigenvalue weighted by atomic mass is 32.2. The van der Waals surface area contributed by atoms with Crippen LogP contribution in [0, 0.1) is 26.2 Å². The molecule has 7 heterocycles. The van der Waals surface area contributed by atoms with E-state index in [4.69, 9.17) is 19.2 Å². The normalized spacial score (nSPS) is 19.4. The minimum atomic E-state index is -4.22. The van der Waals surface area contributed by atoms with Gasteiger partial charge >= 0.3 is 5.97 Å². The summed E-state index contributed by atoms with van der Waals surface area (Å²) < 4.78 is 77.8. The summed E-state index contributed by atoms with van der Waals surface area (Å²) in [5, 5.41) is 18.2. The van der Waals surface area contributed by atoms with Crippen LogP contribution < -0.4 is 9.47 Å². The highest BCUT2D eigenvalue weighted by Gasteiger charge is 2.47. The van der Waals surface area contributed by atoms with Crippen molar-refractivity contribution >= 4 is 21.6 Å². The molecule has 14 nitrogen and oxygen atoms in total. The van der Waals surface area contributed by atoms with Gasteiger partial charge in [-0.2, -0.15) is 9.29 Å². The Morgan fingerprint density at radius 3 is 2.46 bits per heavy atom. The Morgan fingerprint density at radius 2 is 1.77 bits per heavy atom. The quantitative estimate of drug-likeness (QED) is 0.200. The molecule has 2 saturated heterocycles. The third kappa shape index (κ3) is 7.57. The summed E-state index contributed by atoms with van der Waals surface area (Å²) in [7, 11) is -4.22. The number of rotatable bonds is 11. The maximum Gasteiger partial charge on any atom is 0.310 e. The molecule has 17 heteroatoms. The SMILES string of the molecule is Cc1ccc(C(c2ccn3c(C(F)F)nnc3c2C)C(C)(C)C(=O)O)nc1CN1CC2(CCOCC2)Oc2nc(OCCN3CCCCC3)c(C)cc2S1(=O)=O. The molecule has 1 spiro atoms. The molecule has 4 aromatic rings. The van der Waals surface area contributed by atoms with E-state index in [1.165, 1.54) is 21.3 Å². The number of likely N-dealkylation sites (tertiary alicyclic amines) is 1. The average molecular weight is 798 g/mol. The molecular formula is C39H49F2N7O7S. The summed E-state index contributed by atoms with van der Waals surface area (Å²) in [5.41, 5.74) is 0.822. The number of carbonyl (C=O) groups is 1. The number of hydrogen-bond acceptors (Lipinski definition) is 11. The molecule has 4 aromatic heterocycles. The number of nitrogens with zero attached hydrogens (tertiary/aromatic N) is 7. The maximum atomic E-state index is 14.7. The molecule has 0 aromatic carbocycles. The van der Waals surface area contributed by atoms with E-state index in [1.54, 1.807) is 52.0 Å². The molecule has 56 heavy (non-hydrogen) atoms. The van der Waals surface area contributed by atoms with Crippen LogP contribution >= 0.6 is 0 Å². The number of pyridine rings is 3. The van der Waals surface area contributed by atoms with E-state index in [-0.39, 0.29) is 29.5 Å². The van der Waals surface area contributed by atoms with Crippen LogP contribution in [0.3, 0.4) is 0 Å². The van der Waals surface area contributed by atoms with Gasteiger partial charge in [0, 0.05) is 42.8 Å². The molecule has 0 amide bonds. The molecule has 1 unspecified atom stereocenters. The third-order valence-electron chi connectivity index (χ3n) is 11.5. The number of aryl methyl sites for hydroxylation is 3. The fraction of sp³-hybridized carbons (Fsp3) is 0.564. The smallest absolute Gasteiger partial charge is 0.310 e. The van der Waals surface area contributed by atoms with Gasteiger partial charge in [0.05, 0.1) is 37.4 Å². The van der Waals surface area contributed by atoms with Crippen LogP contribution in [-0.4, -0.2) is 105 Å². The van der Waals surface area contributed by atoms with Crippen molar-refractivity contribution in [3.8, 4) is 11.8 Å². The number of ether oxygens (including phenoxy) is 3. The van der Waals surface area contributed by atoms with Crippen molar-refractivity contribution in [2.75, 3.05) is 46.0 Å². The van der Waals surface area contributed by atoms with Gasteiger partial charge in [0.25, 0.3) is 6.43 Å². The molecule has 1 atom stereocenters. The molecule has 0 bridgehead atoms. The lowest BCUT2D eigenvalue weighted by molar-refractivity contribution is -0.147. The van der Waals surface area contributed by atoms with Gasteiger partial charge in [0.1, 0.15) is 17.1 Å². The van der Waals surface area contributed by atoms with Crippen LogP contribution in [0.2, 0.25) is 0 Å². The van der Waals surface area contributed by atoms with Crippen LogP contribution in [-0.2, 0) is 26.1 Å². The minimum absolute atomic E-state index is 0.00374. The Hall–Kier alpha value is -4.32. The largest absolute Gasteiger partial charge is 0.481 e. The summed E-state index contributed by atoms with van der Waals surface area (Å²) >= 11 is 0. The lowest BCUT2D eigenvalue weighted by atomic mass is 9.72. The van der Waals surface area contributed by atoms with Gasteiger partial charge in [-0.1, -0.05) is 12.5 Å². The van der Waals surface area contributed by atoms with E-state index in [2.05, 4.69) is 20.1 Å². The fourth-order valence-corrected chi connectivity index (χ4v) is 9.64. The van der Waals surface area contributed by atoms with Gasteiger partial charge in [-0.15, -0.1) is 10.2 Å². The number of aromatic nitrogens is 5. The third-order valence-corrected chi connectivity index (χ3v) is 13.3. The van der Waals surface area contributed by atoms with Crippen LogP contribution in [0.4, 0.5) is 8.78 Å². The number of piperidine rings is 1. The summed E-state index contributed by atoms with van der Waals surface area (Å²) in [4.78, 5) is 24.8. The monoisotopic (exact) mass is 797 g/mol. The van der Waals surface area contributed by atoms with Crippen molar-refractivity contribution in [2.45, 2.75) is 96.1 Å². The van der Waals surface area contributed by atoms with Crippen molar-refractivity contribution in [1.82, 2.24) is 33.8 Å². The second-order valence-corrected chi connectivity index (χ2v) is 17.6. The number of carboxylic acids is 1. The molecule has 0 aliphatic carbocycles. The molecule has 302 valence electrons. The Labute approximate surface area is 325 Å². The molecule has 3 aliphatic heterocycles. The lowest BCUT2D eigenvalue weighted by Crippen LogP contribution is -2.50. The zero-order valence-electron chi connectivity index (χ0n) is 32.4. The van der Waals surface area contributed by atoms with Gasteiger partial charge in [0.2, 0.25) is 27.6 Å². The topological polar surface area (TPSA) is 162 Å². The summed E-state index contributed by atoms with van der Waals surface area (Å²) in [5.74, 6) is -2.20. The van der Waals surface area contributed by atoms with Crippen LogP contribution in [0.5, 0.6) is 11.8 Å². The number of carboxylic acid groups (broad SMARTS) is 1. The van der Waals surface area contributed by atoms with E-state index in [1.807, 2.05) is 6.92 Å². The molecular weight excluding hydrogens is 749 g/mol. The first-order chi connectivity index (χ1) is 26.6. The highest BCUT2D eigenvalue weighted by molar-refractivity contribution is 7.89. The van der Waals surface area contributed by atoms with Gasteiger partial charge in [-0.05, 0) is 95.4 Å². The second-order valence-electron chi connectivity index (χ2n) is 15.7. The highest BCUT2D eigenvalue weighted by Crippen LogP contribution is 2.44. The summed E-state index contributed by atoms with van der Waals surface area (Å²) in [6, 6.07) is 6.67. The van der Waals surface area contributed by atoms with Crippen LogP contribution in [0.1, 0.15) is 97.8 Å². The van der Waals surface area contributed by atoms with Crippen molar-refractivity contribution in [1.29, 1.82) is 0 Å². The number of hydrogen-bond donors (Lipinski definition) is 1. The van der Waals surface area contributed by atoms with E-state index in [9.17, 15) is 27.1 Å². The Balaban J connectivity index is 1.26. The lowest BCUT2D eigenvalue weighted by Gasteiger charge is -2.38. The maximum absolute atomic E-state index is 14.7. The van der Waals surface area contributed by atoms with Crippen LogP contribution in [0.25, 0.3) is 5.65 Å². The standard InChI is InChI=1S/C39H49F2N7O7S/c1-24-9-10-28(31(38(4,5)37(49)50)27-11-16-48-33(26(27)3)44-45-34(48)32(40)41)42-29(24)22-47-23-39(12-18-53-19-13-39)55-36-30(56(47,51)52)21-25(2)35(43-36)54-20-17-46-14-7-6-8-15-46/h9-11,16,21,31-32H,6-8,12-15,17-20,22-23H2,1-5H3,(H,49,50). The van der Waals surface area contributed by atoms with E-state index < -0.39 is 45.2 Å². The molecule has 7 rings (SSSR count). The second kappa shape index (κ2) is 15.6. The van der Waals surface area contributed by atoms with Crippen molar-refractivity contribution in [2.24, 2.45) is 5.41 Å². The van der Waals surface area contributed by atoms with E-state index in [0.717, 1.165) is 32.5 Å². The van der Waals surface area contributed by atoms with Crippen molar-refractivity contribution in [3.63, 3.8) is 0 Å².